The Hall–Kier alpha value is -2.32. The summed E-state index contributed by atoms with van der Waals surface area (Å²) in [5, 5.41) is 15.6. The monoisotopic (exact) mass is 496 g/mol. The molecular formula is C23H17Cl2F3N2OS. The smallest absolute Gasteiger partial charge is 0.384 e. The molecule has 0 atom stereocenters. The van der Waals surface area contributed by atoms with E-state index in [9.17, 15) is 18.3 Å². The largest absolute Gasteiger partial charge is 0.416 e. The van der Waals surface area contributed by atoms with Crippen LogP contribution >= 0.6 is 34.5 Å². The SMILES string of the molecule is CC(C)(O)c1cc(-c2ccc(-c3ccc(C(F)(F)F)cc3Cl)s2)n(-c2ccccc2Cl)n1. The topological polar surface area (TPSA) is 38.0 Å². The van der Waals surface area contributed by atoms with Crippen molar-refractivity contribution in [1.82, 2.24) is 9.78 Å². The van der Waals surface area contributed by atoms with Gasteiger partial charge < -0.3 is 5.11 Å². The lowest BCUT2D eigenvalue weighted by atomic mass is 10.1. The minimum atomic E-state index is -4.46. The van der Waals surface area contributed by atoms with Crippen molar-refractivity contribution in [2.75, 3.05) is 0 Å². The number of hydrogen-bond acceptors (Lipinski definition) is 3. The van der Waals surface area contributed by atoms with E-state index >= 15 is 0 Å². The van der Waals surface area contributed by atoms with E-state index in [2.05, 4.69) is 5.10 Å². The first kappa shape index (κ1) is 22.9. The van der Waals surface area contributed by atoms with Crippen LogP contribution in [0.3, 0.4) is 0 Å². The van der Waals surface area contributed by atoms with E-state index in [4.69, 9.17) is 23.2 Å². The Morgan fingerprint density at radius 2 is 1.59 bits per heavy atom. The molecule has 0 aliphatic heterocycles. The van der Waals surface area contributed by atoms with Crippen molar-refractivity contribution >= 4 is 34.5 Å². The van der Waals surface area contributed by atoms with Crippen LogP contribution in [0.1, 0.15) is 25.1 Å². The number of thiophene rings is 1. The molecule has 0 bridgehead atoms. The first-order valence-electron chi connectivity index (χ1n) is 9.50. The van der Waals surface area contributed by atoms with Gasteiger partial charge in [0, 0.05) is 15.5 Å². The van der Waals surface area contributed by atoms with Crippen LogP contribution in [-0.4, -0.2) is 14.9 Å². The molecule has 2 heterocycles. The van der Waals surface area contributed by atoms with E-state index in [1.54, 1.807) is 36.7 Å². The average molecular weight is 497 g/mol. The van der Waals surface area contributed by atoms with Gasteiger partial charge in [-0.1, -0.05) is 41.4 Å². The lowest BCUT2D eigenvalue weighted by molar-refractivity contribution is -0.137. The number of benzene rings is 2. The number of aliphatic hydroxyl groups is 1. The second kappa shape index (κ2) is 8.23. The summed E-state index contributed by atoms with van der Waals surface area (Å²) in [5.41, 5.74) is 0.307. The molecule has 2 aromatic heterocycles. The minimum Gasteiger partial charge on any atom is -0.384 e. The van der Waals surface area contributed by atoms with E-state index in [-0.39, 0.29) is 5.02 Å². The van der Waals surface area contributed by atoms with Crippen LogP contribution in [-0.2, 0) is 11.8 Å². The van der Waals surface area contributed by atoms with Gasteiger partial charge >= 0.3 is 6.18 Å². The fourth-order valence-electron chi connectivity index (χ4n) is 3.17. The van der Waals surface area contributed by atoms with Gasteiger partial charge in [-0.3, -0.25) is 0 Å². The molecule has 4 aromatic rings. The van der Waals surface area contributed by atoms with Gasteiger partial charge in [-0.05, 0) is 56.3 Å². The van der Waals surface area contributed by atoms with Gasteiger partial charge in [0.15, 0.2) is 0 Å². The normalized spacial score (nSPS) is 12.4. The maximum absolute atomic E-state index is 13.0. The lowest BCUT2D eigenvalue weighted by Crippen LogP contribution is -2.16. The zero-order chi connectivity index (χ0) is 23.3. The van der Waals surface area contributed by atoms with Crippen LogP contribution in [0.15, 0.2) is 60.7 Å². The minimum absolute atomic E-state index is 0.0185. The second-order valence-corrected chi connectivity index (χ2v) is 9.59. The van der Waals surface area contributed by atoms with Gasteiger partial charge in [0.05, 0.1) is 32.5 Å². The molecule has 0 saturated carbocycles. The Bertz CT molecular complexity index is 1290. The number of nitrogens with zero attached hydrogens (tertiary/aromatic N) is 2. The third-order valence-electron chi connectivity index (χ3n) is 4.84. The zero-order valence-corrected chi connectivity index (χ0v) is 19.2. The van der Waals surface area contributed by atoms with Crippen molar-refractivity contribution in [3.63, 3.8) is 0 Å². The van der Waals surface area contributed by atoms with Crippen molar-refractivity contribution in [1.29, 1.82) is 0 Å². The molecule has 0 unspecified atom stereocenters. The van der Waals surface area contributed by atoms with Gasteiger partial charge in [-0.2, -0.15) is 18.3 Å². The summed E-state index contributed by atoms with van der Waals surface area (Å²) in [7, 11) is 0. The summed E-state index contributed by atoms with van der Waals surface area (Å²) in [6.45, 7) is 3.27. The van der Waals surface area contributed by atoms with E-state index in [1.165, 1.54) is 17.4 Å². The Morgan fingerprint density at radius 3 is 2.22 bits per heavy atom. The highest BCUT2D eigenvalue weighted by molar-refractivity contribution is 7.18. The summed E-state index contributed by atoms with van der Waals surface area (Å²) >= 11 is 13.9. The summed E-state index contributed by atoms with van der Waals surface area (Å²) in [4.78, 5) is 1.49. The number of hydrogen-bond donors (Lipinski definition) is 1. The van der Waals surface area contributed by atoms with Gasteiger partial charge in [-0.25, -0.2) is 4.68 Å². The van der Waals surface area contributed by atoms with Crippen LogP contribution in [0.25, 0.3) is 26.7 Å². The van der Waals surface area contributed by atoms with Crippen molar-refractivity contribution < 1.29 is 18.3 Å². The molecule has 0 aliphatic rings. The zero-order valence-electron chi connectivity index (χ0n) is 16.9. The summed E-state index contributed by atoms with van der Waals surface area (Å²) < 4.78 is 40.6. The molecule has 0 amide bonds. The van der Waals surface area contributed by atoms with Crippen LogP contribution in [0.4, 0.5) is 13.2 Å². The number of para-hydroxylation sites is 1. The maximum Gasteiger partial charge on any atom is 0.416 e. The third kappa shape index (κ3) is 4.43. The molecule has 32 heavy (non-hydrogen) atoms. The quantitative estimate of drug-likeness (QED) is 0.312. The predicted octanol–water partition coefficient (Wildman–Crippen LogP) is 7.82. The number of halogens is 5. The van der Waals surface area contributed by atoms with Crippen LogP contribution in [0, 0.1) is 0 Å². The van der Waals surface area contributed by atoms with Crippen molar-refractivity contribution in [2.45, 2.75) is 25.6 Å². The van der Waals surface area contributed by atoms with E-state index < -0.39 is 17.3 Å². The number of aromatic nitrogens is 2. The fourth-order valence-corrected chi connectivity index (χ4v) is 4.78. The van der Waals surface area contributed by atoms with Gasteiger partial charge in [-0.15, -0.1) is 11.3 Å². The Morgan fingerprint density at radius 1 is 0.906 bits per heavy atom. The lowest BCUT2D eigenvalue weighted by Gasteiger charge is -2.13. The van der Waals surface area contributed by atoms with E-state index in [1.807, 2.05) is 24.3 Å². The molecule has 0 spiro atoms. The molecular weight excluding hydrogens is 480 g/mol. The molecule has 9 heteroatoms. The standard InChI is InChI=1S/C23H17Cl2F3N2OS/c1-22(2,31)21-12-18(30(29-21)17-6-4-3-5-15(17)24)20-10-9-19(32-20)14-8-7-13(11-16(14)25)23(26,27)28/h3-12,31H,1-2H3. The number of rotatable bonds is 4. The molecule has 4 rings (SSSR count). The summed E-state index contributed by atoms with van der Waals surface area (Å²) in [6.07, 6.45) is -4.46. The Kier molecular flexibility index (Phi) is 5.88. The van der Waals surface area contributed by atoms with E-state index in [0.29, 0.717) is 32.5 Å². The summed E-state index contributed by atoms with van der Waals surface area (Å²) in [5.74, 6) is 0. The highest BCUT2D eigenvalue weighted by atomic mass is 35.5. The van der Waals surface area contributed by atoms with Crippen LogP contribution < -0.4 is 0 Å². The highest BCUT2D eigenvalue weighted by Crippen LogP contribution is 2.41. The van der Waals surface area contributed by atoms with Crippen LogP contribution in [0.5, 0.6) is 0 Å². The molecule has 1 N–H and O–H groups in total. The fraction of sp³-hybridized carbons (Fsp3) is 0.174. The average Bonchev–Trinajstić information content (AvgIpc) is 3.34. The molecule has 0 radical (unpaired) electrons. The first-order chi connectivity index (χ1) is 14.9. The van der Waals surface area contributed by atoms with Crippen molar-refractivity contribution in [2.24, 2.45) is 0 Å². The van der Waals surface area contributed by atoms with Gasteiger partial charge in [0.2, 0.25) is 0 Å². The molecule has 2 aromatic carbocycles. The van der Waals surface area contributed by atoms with Crippen molar-refractivity contribution in [3.05, 3.63) is 82.0 Å². The Balaban J connectivity index is 1.81. The van der Waals surface area contributed by atoms with Crippen molar-refractivity contribution in [3.8, 4) is 26.7 Å². The summed E-state index contributed by atoms with van der Waals surface area (Å²) in [6, 6.07) is 15.9. The third-order valence-corrected chi connectivity index (χ3v) is 6.61. The second-order valence-electron chi connectivity index (χ2n) is 7.69. The van der Waals surface area contributed by atoms with Crippen LogP contribution in [0.2, 0.25) is 10.0 Å². The molecule has 166 valence electrons. The predicted molar refractivity (Wildman–Crippen MR) is 123 cm³/mol. The highest BCUT2D eigenvalue weighted by Gasteiger charge is 2.31. The Labute approximate surface area is 196 Å². The first-order valence-corrected chi connectivity index (χ1v) is 11.1. The van der Waals surface area contributed by atoms with Gasteiger partial charge in [0.1, 0.15) is 5.60 Å². The van der Waals surface area contributed by atoms with Gasteiger partial charge in [0.25, 0.3) is 0 Å². The molecule has 3 nitrogen and oxygen atoms in total. The molecule has 0 saturated heterocycles. The van der Waals surface area contributed by atoms with E-state index in [0.717, 1.165) is 17.0 Å². The maximum atomic E-state index is 13.0. The number of alkyl halides is 3. The molecule has 0 aliphatic carbocycles. The molecule has 0 fully saturated rings.